The maximum Gasteiger partial charge on any atom is 0.281 e. The number of nitriles is 1. The van der Waals surface area contributed by atoms with E-state index in [4.69, 9.17) is 20.5 Å². The molecule has 1 fully saturated rings. The standard InChI is InChI=1S/C23H25N3O3/c1-16(14-22(25)27)26-12-10-19(11-13-26)23(18-8-6-17(15-24)7-9-18)28-20-4-2-3-5-21(20)29-23/h2-9,16,19H,10-14H2,1H3,(H2,25,27). The third-order valence-electron chi connectivity index (χ3n) is 5.98. The number of nitrogens with zero attached hydrogens (tertiary/aromatic N) is 2. The van der Waals surface area contributed by atoms with E-state index in [0.717, 1.165) is 43.0 Å². The van der Waals surface area contributed by atoms with Crippen molar-refractivity contribution in [2.45, 2.75) is 38.0 Å². The molecule has 1 amide bonds. The van der Waals surface area contributed by atoms with Gasteiger partial charge in [0.15, 0.2) is 11.5 Å². The molecular weight excluding hydrogens is 366 g/mol. The molecule has 29 heavy (non-hydrogen) atoms. The number of hydrogen-bond donors (Lipinski definition) is 1. The Bertz CT molecular complexity index is 902. The molecule has 0 radical (unpaired) electrons. The number of carbonyl (C=O) groups excluding carboxylic acids is 1. The van der Waals surface area contributed by atoms with Crippen LogP contribution >= 0.6 is 0 Å². The Hall–Kier alpha value is -3.04. The van der Waals surface area contributed by atoms with Gasteiger partial charge in [-0.2, -0.15) is 5.26 Å². The van der Waals surface area contributed by atoms with Gasteiger partial charge in [-0.15, -0.1) is 0 Å². The lowest BCUT2D eigenvalue weighted by Gasteiger charge is -2.42. The maximum atomic E-state index is 11.3. The molecule has 0 saturated carbocycles. The molecule has 0 aliphatic carbocycles. The third-order valence-corrected chi connectivity index (χ3v) is 5.98. The van der Waals surface area contributed by atoms with E-state index in [1.807, 2.05) is 43.3 Å². The third kappa shape index (κ3) is 3.66. The minimum atomic E-state index is -0.906. The Morgan fingerprint density at radius 2 is 1.76 bits per heavy atom. The first-order valence-electron chi connectivity index (χ1n) is 10.0. The van der Waals surface area contributed by atoms with Gasteiger partial charge in [0.05, 0.1) is 11.6 Å². The fraction of sp³-hybridized carbons (Fsp3) is 0.391. The zero-order valence-electron chi connectivity index (χ0n) is 16.5. The average Bonchev–Trinajstić information content (AvgIpc) is 3.14. The van der Waals surface area contributed by atoms with Crippen LogP contribution in [-0.2, 0) is 10.6 Å². The Labute approximate surface area is 170 Å². The summed E-state index contributed by atoms with van der Waals surface area (Å²) in [6.45, 7) is 3.74. The average molecular weight is 391 g/mol. The molecule has 2 heterocycles. The first kappa shape index (κ1) is 19.3. The van der Waals surface area contributed by atoms with Crippen LogP contribution in [0.2, 0.25) is 0 Å². The highest BCUT2D eigenvalue weighted by atomic mass is 16.7. The van der Waals surface area contributed by atoms with E-state index >= 15 is 0 Å². The van der Waals surface area contributed by atoms with Crippen molar-refractivity contribution in [1.29, 1.82) is 5.26 Å². The van der Waals surface area contributed by atoms with Gasteiger partial charge in [0, 0.05) is 23.9 Å². The van der Waals surface area contributed by atoms with Crippen molar-refractivity contribution in [3.8, 4) is 17.6 Å². The van der Waals surface area contributed by atoms with Gasteiger partial charge in [0.2, 0.25) is 5.91 Å². The number of nitrogens with two attached hydrogens (primary N) is 1. The first-order valence-corrected chi connectivity index (χ1v) is 10.0. The molecule has 6 nitrogen and oxygen atoms in total. The molecule has 2 aromatic carbocycles. The van der Waals surface area contributed by atoms with Crippen LogP contribution in [0.5, 0.6) is 11.5 Å². The van der Waals surface area contributed by atoms with Gasteiger partial charge in [-0.1, -0.05) is 12.1 Å². The number of piperidine rings is 1. The Morgan fingerprint density at radius 1 is 1.17 bits per heavy atom. The van der Waals surface area contributed by atoms with E-state index in [1.54, 1.807) is 12.1 Å². The van der Waals surface area contributed by atoms with Gasteiger partial charge >= 0.3 is 0 Å². The second-order valence-electron chi connectivity index (χ2n) is 7.84. The van der Waals surface area contributed by atoms with Gasteiger partial charge in [0.1, 0.15) is 0 Å². The lowest BCUT2D eigenvalue weighted by molar-refractivity contribution is -0.150. The van der Waals surface area contributed by atoms with Crippen molar-refractivity contribution in [2.24, 2.45) is 11.7 Å². The maximum absolute atomic E-state index is 11.3. The van der Waals surface area contributed by atoms with Gasteiger partial charge in [-0.25, -0.2) is 0 Å². The fourth-order valence-electron chi connectivity index (χ4n) is 4.40. The zero-order chi connectivity index (χ0) is 20.4. The number of carbonyl (C=O) groups is 1. The number of amides is 1. The van der Waals surface area contributed by atoms with Crippen molar-refractivity contribution in [1.82, 2.24) is 4.90 Å². The van der Waals surface area contributed by atoms with E-state index < -0.39 is 5.79 Å². The summed E-state index contributed by atoms with van der Waals surface area (Å²) in [5.41, 5.74) is 6.89. The van der Waals surface area contributed by atoms with E-state index in [0.29, 0.717) is 12.0 Å². The van der Waals surface area contributed by atoms with Gasteiger partial charge in [0.25, 0.3) is 5.79 Å². The molecule has 0 bridgehead atoms. The van der Waals surface area contributed by atoms with Crippen molar-refractivity contribution in [2.75, 3.05) is 13.1 Å². The molecule has 2 aliphatic heterocycles. The number of para-hydroxylation sites is 2. The summed E-state index contributed by atoms with van der Waals surface area (Å²) in [5.74, 6) is 0.436. The Morgan fingerprint density at radius 3 is 2.28 bits per heavy atom. The summed E-state index contributed by atoms with van der Waals surface area (Å²) in [7, 11) is 0. The van der Waals surface area contributed by atoms with Crippen LogP contribution in [0.15, 0.2) is 48.5 Å². The van der Waals surface area contributed by atoms with E-state index in [1.165, 1.54) is 0 Å². The highest BCUT2D eigenvalue weighted by Gasteiger charge is 2.51. The molecule has 150 valence electrons. The predicted octanol–water partition coefficient (Wildman–Crippen LogP) is 3.16. The topological polar surface area (TPSA) is 88.6 Å². The van der Waals surface area contributed by atoms with E-state index in [-0.39, 0.29) is 17.9 Å². The summed E-state index contributed by atoms with van der Waals surface area (Å²) in [4.78, 5) is 13.6. The van der Waals surface area contributed by atoms with Crippen LogP contribution in [0, 0.1) is 17.2 Å². The number of primary amides is 1. The minimum Gasteiger partial charge on any atom is -0.444 e. The monoisotopic (exact) mass is 391 g/mol. The number of benzene rings is 2. The van der Waals surface area contributed by atoms with Gasteiger partial charge in [-0.3, -0.25) is 4.79 Å². The summed E-state index contributed by atoms with van der Waals surface area (Å²) in [6, 6.07) is 17.5. The lowest BCUT2D eigenvalue weighted by atomic mass is 9.83. The first-order chi connectivity index (χ1) is 14.0. The lowest BCUT2D eigenvalue weighted by Crippen LogP contribution is -2.50. The predicted molar refractivity (Wildman–Crippen MR) is 108 cm³/mol. The van der Waals surface area contributed by atoms with Crippen LogP contribution < -0.4 is 15.2 Å². The zero-order valence-corrected chi connectivity index (χ0v) is 16.5. The van der Waals surface area contributed by atoms with Crippen molar-refractivity contribution in [3.05, 3.63) is 59.7 Å². The molecule has 1 atom stereocenters. The normalized spacial score (nSPS) is 19.4. The number of hydrogen-bond acceptors (Lipinski definition) is 5. The fourth-order valence-corrected chi connectivity index (χ4v) is 4.40. The molecule has 2 aromatic rings. The summed E-state index contributed by atoms with van der Waals surface area (Å²) in [6.07, 6.45) is 2.11. The van der Waals surface area contributed by atoms with Gasteiger partial charge < -0.3 is 20.1 Å². The molecule has 4 rings (SSSR count). The highest BCUT2D eigenvalue weighted by Crippen LogP contribution is 2.50. The molecule has 0 spiro atoms. The van der Waals surface area contributed by atoms with Crippen molar-refractivity contribution >= 4 is 5.91 Å². The Balaban J connectivity index is 1.59. The number of rotatable bonds is 5. The largest absolute Gasteiger partial charge is 0.444 e. The van der Waals surface area contributed by atoms with Gasteiger partial charge in [-0.05, 0) is 69.3 Å². The summed E-state index contributed by atoms with van der Waals surface area (Å²) >= 11 is 0. The minimum absolute atomic E-state index is 0.127. The number of likely N-dealkylation sites (tertiary alicyclic amines) is 1. The molecule has 0 aromatic heterocycles. The molecular formula is C23H25N3O3. The summed E-state index contributed by atoms with van der Waals surface area (Å²) in [5, 5.41) is 9.14. The number of ether oxygens (including phenoxy) is 2. The highest BCUT2D eigenvalue weighted by molar-refractivity contribution is 5.74. The quantitative estimate of drug-likeness (QED) is 0.846. The van der Waals surface area contributed by atoms with Crippen molar-refractivity contribution in [3.63, 3.8) is 0 Å². The second-order valence-corrected chi connectivity index (χ2v) is 7.84. The number of fused-ring (bicyclic) bond motifs is 1. The van der Waals surface area contributed by atoms with Crippen LogP contribution in [0.3, 0.4) is 0 Å². The molecule has 2 N–H and O–H groups in total. The van der Waals surface area contributed by atoms with Crippen LogP contribution in [0.1, 0.15) is 37.3 Å². The van der Waals surface area contributed by atoms with Crippen molar-refractivity contribution < 1.29 is 14.3 Å². The Kier molecular flexibility index (Phi) is 5.16. The van der Waals surface area contributed by atoms with Crippen LogP contribution in [0.25, 0.3) is 0 Å². The molecule has 6 heteroatoms. The molecule has 1 unspecified atom stereocenters. The molecule has 1 saturated heterocycles. The SMILES string of the molecule is CC(CC(N)=O)N1CCC(C2(c3ccc(C#N)cc3)Oc3ccccc3O2)CC1. The van der Waals surface area contributed by atoms with Crippen LogP contribution in [-0.4, -0.2) is 29.9 Å². The van der Waals surface area contributed by atoms with Crippen LogP contribution in [0.4, 0.5) is 0 Å². The summed E-state index contributed by atoms with van der Waals surface area (Å²) < 4.78 is 12.9. The van der Waals surface area contributed by atoms with E-state index in [9.17, 15) is 4.79 Å². The second kappa shape index (κ2) is 7.76. The smallest absolute Gasteiger partial charge is 0.281 e. The molecule has 2 aliphatic rings. The van der Waals surface area contributed by atoms with E-state index in [2.05, 4.69) is 11.0 Å².